The van der Waals surface area contributed by atoms with E-state index in [2.05, 4.69) is 32.3 Å². The standard InChI is InChI=1S/C15H21N5OS/c1-10-8-20(9-12-7-16-11(2)22-12)6-4-13(10)18-15(21)14-3-5-17-19-14/h3,5,7,10,13H,4,6,8-9H2,1-2H3,(H,17,19)(H,18,21). The summed E-state index contributed by atoms with van der Waals surface area (Å²) >= 11 is 1.76. The van der Waals surface area contributed by atoms with E-state index in [1.54, 1.807) is 23.6 Å². The monoisotopic (exact) mass is 319 g/mol. The van der Waals surface area contributed by atoms with Crippen LogP contribution in [0, 0.1) is 12.8 Å². The first-order valence-electron chi connectivity index (χ1n) is 7.55. The number of nitrogens with zero attached hydrogens (tertiary/aromatic N) is 3. The maximum Gasteiger partial charge on any atom is 0.269 e. The molecule has 3 heterocycles. The Morgan fingerprint density at radius 2 is 2.45 bits per heavy atom. The van der Waals surface area contributed by atoms with Crippen LogP contribution < -0.4 is 5.32 Å². The van der Waals surface area contributed by atoms with E-state index in [9.17, 15) is 4.79 Å². The third-order valence-electron chi connectivity index (χ3n) is 4.10. The molecule has 2 aromatic rings. The van der Waals surface area contributed by atoms with E-state index in [-0.39, 0.29) is 11.9 Å². The van der Waals surface area contributed by atoms with Crippen molar-refractivity contribution in [3.63, 3.8) is 0 Å². The molecule has 118 valence electrons. The Bertz CT molecular complexity index is 624. The Kier molecular flexibility index (Phi) is 4.54. The molecule has 2 unspecified atom stereocenters. The van der Waals surface area contributed by atoms with Gasteiger partial charge in [-0.15, -0.1) is 11.3 Å². The average molecular weight is 319 g/mol. The summed E-state index contributed by atoms with van der Waals surface area (Å²) in [7, 11) is 0. The van der Waals surface area contributed by atoms with Gasteiger partial charge in [0.15, 0.2) is 0 Å². The molecule has 1 fully saturated rings. The van der Waals surface area contributed by atoms with Crippen LogP contribution in [0.2, 0.25) is 0 Å². The number of aryl methyl sites for hydroxylation is 1. The van der Waals surface area contributed by atoms with Gasteiger partial charge in [0.1, 0.15) is 5.69 Å². The summed E-state index contributed by atoms with van der Waals surface area (Å²) in [6.45, 7) is 7.17. The third kappa shape index (κ3) is 3.53. The molecule has 0 spiro atoms. The van der Waals surface area contributed by atoms with Gasteiger partial charge in [-0.05, 0) is 25.3 Å². The van der Waals surface area contributed by atoms with Gasteiger partial charge in [-0.2, -0.15) is 5.10 Å². The molecule has 0 aromatic carbocycles. The van der Waals surface area contributed by atoms with Crippen LogP contribution in [-0.2, 0) is 6.54 Å². The van der Waals surface area contributed by atoms with Crippen LogP contribution >= 0.6 is 11.3 Å². The highest BCUT2D eigenvalue weighted by Crippen LogP contribution is 2.21. The van der Waals surface area contributed by atoms with Crippen molar-refractivity contribution in [3.8, 4) is 0 Å². The predicted octanol–water partition coefficient (Wildman–Crippen LogP) is 1.82. The molecule has 0 saturated carbocycles. The molecule has 7 heteroatoms. The van der Waals surface area contributed by atoms with Gasteiger partial charge in [-0.3, -0.25) is 14.8 Å². The number of aromatic nitrogens is 3. The van der Waals surface area contributed by atoms with E-state index < -0.39 is 0 Å². The number of H-pyrrole nitrogens is 1. The number of piperidine rings is 1. The SMILES string of the molecule is Cc1ncc(CN2CCC(NC(=O)c3ccn[nH]3)C(C)C2)s1. The van der Waals surface area contributed by atoms with E-state index in [1.165, 1.54) is 4.88 Å². The van der Waals surface area contributed by atoms with Crippen LogP contribution in [0.25, 0.3) is 0 Å². The van der Waals surface area contributed by atoms with Crippen LogP contribution in [0.5, 0.6) is 0 Å². The van der Waals surface area contributed by atoms with Crippen LogP contribution in [0.3, 0.4) is 0 Å². The zero-order chi connectivity index (χ0) is 15.5. The zero-order valence-electron chi connectivity index (χ0n) is 12.9. The molecule has 3 rings (SSSR count). The van der Waals surface area contributed by atoms with E-state index >= 15 is 0 Å². The fourth-order valence-electron chi connectivity index (χ4n) is 2.92. The van der Waals surface area contributed by atoms with Crippen molar-refractivity contribution in [1.82, 2.24) is 25.4 Å². The van der Waals surface area contributed by atoms with Gasteiger partial charge < -0.3 is 5.32 Å². The van der Waals surface area contributed by atoms with Gasteiger partial charge in [-0.1, -0.05) is 6.92 Å². The number of thiazole rings is 1. The number of amides is 1. The van der Waals surface area contributed by atoms with E-state index in [0.717, 1.165) is 31.1 Å². The minimum atomic E-state index is -0.0686. The van der Waals surface area contributed by atoms with Gasteiger partial charge >= 0.3 is 0 Å². The molecule has 22 heavy (non-hydrogen) atoms. The molecular weight excluding hydrogens is 298 g/mol. The summed E-state index contributed by atoms with van der Waals surface area (Å²) in [6, 6.07) is 1.91. The van der Waals surface area contributed by atoms with Gasteiger partial charge in [0.05, 0.1) is 5.01 Å². The number of likely N-dealkylation sites (tertiary alicyclic amines) is 1. The number of hydrogen-bond donors (Lipinski definition) is 2. The highest BCUT2D eigenvalue weighted by atomic mass is 32.1. The third-order valence-corrected chi connectivity index (χ3v) is 5.00. The maximum absolute atomic E-state index is 12.1. The lowest BCUT2D eigenvalue weighted by molar-refractivity contribution is 0.0856. The molecule has 0 aliphatic carbocycles. The fourth-order valence-corrected chi connectivity index (χ4v) is 3.75. The van der Waals surface area contributed by atoms with Gasteiger partial charge in [-0.25, -0.2) is 4.98 Å². The highest BCUT2D eigenvalue weighted by molar-refractivity contribution is 7.11. The van der Waals surface area contributed by atoms with Crippen molar-refractivity contribution in [2.45, 2.75) is 32.9 Å². The largest absolute Gasteiger partial charge is 0.348 e. The first kappa shape index (κ1) is 15.2. The minimum absolute atomic E-state index is 0.0686. The second-order valence-corrected chi connectivity index (χ2v) is 7.22. The van der Waals surface area contributed by atoms with Crippen LogP contribution in [-0.4, -0.2) is 45.1 Å². The maximum atomic E-state index is 12.1. The van der Waals surface area contributed by atoms with Crippen LogP contribution in [0.1, 0.15) is 33.7 Å². The van der Waals surface area contributed by atoms with Crippen molar-refractivity contribution in [3.05, 3.63) is 34.0 Å². The minimum Gasteiger partial charge on any atom is -0.348 e. The summed E-state index contributed by atoms with van der Waals surface area (Å²) < 4.78 is 0. The van der Waals surface area contributed by atoms with Crippen LogP contribution in [0.4, 0.5) is 0 Å². The second kappa shape index (κ2) is 6.58. The number of carbonyl (C=O) groups excluding carboxylic acids is 1. The summed E-state index contributed by atoms with van der Waals surface area (Å²) in [5.74, 6) is 0.357. The highest BCUT2D eigenvalue weighted by Gasteiger charge is 2.28. The topological polar surface area (TPSA) is 73.9 Å². The molecule has 0 radical (unpaired) electrons. The molecule has 2 atom stereocenters. The molecule has 2 N–H and O–H groups in total. The molecular formula is C15H21N5OS. The quantitative estimate of drug-likeness (QED) is 0.901. The number of carbonyl (C=O) groups is 1. The van der Waals surface area contributed by atoms with Gasteiger partial charge in [0, 0.05) is 42.9 Å². The Balaban J connectivity index is 1.52. The van der Waals surface area contributed by atoms with Crippen molar-refractivity contribution in [2.75, 3.05) is 13.1 Å². The number of aromatic amines is 1. The zero-order valence-corrected chi connectivity index (χ0v) is 13.7. The fraction of sp³-hybridized carbons (Fsp3) is 0.533. The lowest BCUT2D eigenvalue weighted by atomic mass is 9.93. The van der Waals surface area contributed by atoms with E-state index in [4.69, 9.17) is 0 Å². The van der Waals surface area contributed by atoms with Crippen molar-refractivity contribution in [2.24, 2.45) is 5.92 Å². The molecule has 0 bridgehead atoms. The first-order valence-corrected chi connectivity index (χ1v) is 8.37. The number of nitrogens with one attached hydrogen (secondary N) is 2. The molecule has 1 amide bonds. The smallest absolute Gasteiger partial charge is 0.269 e. The van der Waals surface area contributed by atoms with Crippen molar-refractivity contribution in [1.29, 1.82) is 0 Å². The number of rotatable bonds is 4. The lowest BCUT2D eigenvalue weighted by Crippen LogP contribution is -2.49. The Morgan fingerprint density at radius 3 is 3.09 bits per heavy atom. The predicted molar refractivity (Wildman–Crippen MR) is 85.8 cm³/mol. The van der Waals surface area contributed by atoms with Gasteiger partial charge in [0.25, 0.3) is 5.91 Å². The average Bonchev–Trinajstić information content (AvgIpc) is 3.13. The summed E-state index contributed by atoms with van der Waals surface area (Å²) in [4.78, 5) is 20.2. The van der Waals surface area contributed by atoms with Crippen molar-refractivity contribution < 1.29 is 4.79 Å². The van der Waals surface area contributed by atoms with Gasteiger partial charge in [0.2, 0.25) is 0 Å². The Hall–Kier alpha value is -1.73. The summed E-state index contributed by atoms with van der Waals surface area (Å²) in [6.07, 6.45) is 4.54. The van der Waals surface area contributed by atoms with E-state index in [0.29, 0.717) is 11.6 Å². The first-order chi connectivity index (χ1) is 10.6. The molecule has 1 aliphatic heterocycles. The van der Waals surface area contributed by atoms with E-state index in [1.807, 2.05) is 13.1 Å². The Labute approximate surface area is 133 Å². The molecule has 6 nitrogen and oxygen atoms in total. The lowest BCUT2D eigenvalue weighted by Gasteiger charge is -2.36. The molecule has 2 aromatic heterocycles. The second-order valence-electron chi connectivity index (χ2n) is 5.90. The van der Waals surface area contributed by atoms with Crippen LogP contribution in [0.15, 0.2) is 18.5 Å². The normalized spacial score (nSPS) is 22.6. The number of hydrogen-bond acceptors (Lipinski definition) is 5. The van der Waals surface area contributed by atoms with Crippen molar-refractivity contribution >= 4 is 17.2 Å². The molecule has 1 saturated heterocycles. The Morgan fingerprint density at radius 1 is 1.59 bits per heavy atom. The summed E-state index contributed by atoms with van der Waals surface area (Å²) in [5, 5.41) is 10.8. The summed E-state index contributed by atoms with van der Waals surface area (Å²) in [5.41, 5.74) is 0.523. The molecule has 1 aliphatic rings.